The molecule has 4 heteroatoms. The summed E-state index contributed by atoms with van der Waals surface area (Å²) < 4.78 is 12.0. The van der Waals surface area contributed by atoms with Crippen LogP contribution in [0.5, 0.6) is 0 Å². The highest BCUT2D eigenvalue weighted by Gasteiger charge is 2.26. The van der Waals surface area contributed by atoms with Crippen LogP contribution in [0.4, 0.5) is 5.69 Å². The maximum atomic E-state index is 5.99. The average molecular weight is 368 g/mol. The van der Waals surface area contributed by atoms with Crippen LogP contribution in [0.2, 0.25) is 0 Å². The zero-order valence-electron chi connectivity index (χ0n) is 15.4. The lowest BCUT2D eigenvalue weighted by atomic mass is 9.94. The van der Waals surface area contributed by atoms with Crippen LogP contribution in [0.3, 0.4) is 0 Å². The van der Waals surface area contributed by atoms with Gasteiger partial charge >= 0.3 is 0 Å². The Morgan fingerprint density at radius 1 is 1.12 bits per heavy atom. The maximum Gasteiger partial charge on any atom is 0.185 e. The van der Waals surface area contributed by atoms with Crippen molar-refractivity contribution in [1.29, 1.82) is 0 Å². The van der Waals surface area contributed by atoms with Crippen molar-refractivity contribution in [3.63, 3.8) is 0 Å². The topological polar surface area (TPSA) is 30.8 Å². The van der Waals surface area contributed by atoms with Crippen LogP contribution in [-0.4, -0.2) is 18.4 Å². The molecule has 3 nitrogen and oxygen atoms in total. The largest absolute Gasteiger partial charge is 0.348 e. The molecule has 0 N–H and O–H groups in total. The second kappa shape index (κ2) is 9.20. The smallest absolute Gasteiger partial charge is 0.185 e. The Morgan fingerprint density at radius 2 is 1.81 bits per heavy atom. The van der Waals surface area contributed by atoms with Crippen LogP contribution in [0.15, 0.2) is 53.5 Å². The van der Waals surface area contributed by atoms with E-state index in [4.69, 9.17) is 21.7 Å². The Bertz CT molecular complexity index is 760. The number of isothiocyanates is 1. The summed E-state index contributed by atoms with van der Waals surface area (Å²) in [5.74, 6) is 0.975. The van der Waals surface area contributed by atoms with Gasteiger partial charge in [0.25, 0.3) is 0 Å². The summed E-state index contributed by atoms with van der Waals surface area (Å²) in [6.07, 6.45) is 1.94. The Morgan fingerprint density at radius 3 is 2.46 bits per heavy atom. The molecule has 0 radical (unpaired) electrons. The van der Waals surface area contributed by atoms with Gasteiger partial charge in [0.05, 0.1) is 24.1 Å². The van der Waals surface area contributed by atoms with Gasteiger partial charge in [0.1, 0.15) is 0 Å². The summed E-state index contributed by atoms with van der Waals surface area (Å²) in [6, 6.07) is 16.6. The molecule has 0 aliphatic carbocycles. The van der Waals surface area contributed by atoms with Gasteiger partial charge in [-0.3, -0.25) is 0 Å². The summed E-state index contributed by atoms with van der Waals surface area (Å²) in [7, 11) is 0. The highest BCUT2D eigenvalue weighted by molar-refractivity contribution is 7.78. The molecular weight excluding hydrogens is 342 g/mol. The van der Waals surface area contributed by atoms with E-state index in [0.717, 1.165) is 23.6 Å². The van der Waals surface area contributed by atoms with Gasteiger partial charge in [0.2, 0.25) is 0 Å². The molecule has 3 rings (SSSR count). The molecule has 1 aliphatic rings. The number of rotatable bonds is 6. The zero-order valence-corrected chi connectivity index (χ0v) is 16.2. The molecular formula is C22H25NO2S. The number of ether oxygens (including phenoxy) is 2. The lowest BCUT2D eigenvalue weighted by Crippen LogP contribution is -2.25. The van der Waals surface area contributed by atoms with Crippen LogP contribution < -0.4 is 0 Å². The molecule has 2 aromatic rings. The van der Waals surface area contributed by atoms with Gasteiger partial charge in [0, 0.05) is 11.5 Å². The first-order chi connectivity index (χ1) is 12.7. The highest BCUT2D eigenvalue weighted by atomic mass is 32.1. The second-order valence-electron chi connectivity index (χ2n) is 6.92. The Kier molecular flexibility index (Phi) is 6.70. The Labute approximate surface area is 161 Å². The van der Waals surface area contributed by atoms with Crippen LogP contribution in [0, 0.1) is 5.92 Å². The average Bonchev–Trinajstić information content (AvgIpc) is 2.69. The summed E-state index contributed by atoms with van der Waals surface area (Å²) in [5, 5.41) is 2.42. The molecule has 0 saturated carbocycles. The fourth-order valence-corrected chi connectivity index (χ4v) is 3.28. The summed E-state index contributed by atoms with van der Waals surface area (Å²) in [5.41, 5.74) is 4.31. The molecule has 0 bridgehead atoms. The lowest BCUT2D eigenvalue weighted by Gasteiger charge is -2.30. The highest BCUT2D eigenvalue weighted by Crippen LogP contribution is 2.34. The van der Waals surface area contributed by atoms with Gasteiger partial charge in [0.15, 0.2) is 6.29 Å². The molecule has 2 aromatic carbocycles. The van der Waals surface area contributed by atoms with Gasteiger partial charge in [-0.15, -0.1) is 0 Å². The van der Waals surface area contributed by atoms with E-state index in [1.807, 2.05) is 24.3 Å². The van der Waals surface area contributed by atoms with Crippen LogP contribution in [-0.2, 0) is 15.9 Å². The third-order valence-corrected chi connectivity index (χ3v) is 5.08. The van der Waals surface area contributed by atoms with E-state index in [1.165, 1.54) is 17.5 Å². The van der Waals surface area contributed by atoms with Gasteiger partial charge in [-0.25, -0.2) is 0 Å². The van der Waals surface area contributed by atoms with E-state index in [1.54, 1.807) is 0 Å². The van der Waals surface area contributed by atoms with Crippen molar-refractivity contribution in [1.82, 2.24) is 0 Å². The molecule has 0 aromatic heterocycles. The van der Waals surface area contributed by atoms with E-state index >= 15 is 0 Å². The van der Waals surface area contributed by atoms with Crippen LogP contribution >= 0.6 is 12.2 Å². The van der Waals surface area contributed by atoms with Crippen LogP contribution in [0.1, 0.15) is 49.2 Å². The SMILES string of the molecule is CCC(C)Cc1ccc(C2COC(c3ccccc3N=C=S)OC2)cc1. The molecule has 1 saturated heterocycles. The molecule has 1 unspecified atom stereocenters. The van der Waals surface area contributed by atoms with Crippen molar-refractivity contribution >= 4 is 23.1 Å². The monoisotopic (exact) mass is 367 g/mol. The maximum absolute atomic E-state index is 5.99. The number of benzene rings is 2. The number of para-hydroxylation sites is 1. The number of hydrogen-bond acceptors (Lipinski definition) is 4. The molecule has 1 aliphatic heterocycles. The Balaban J connectivity index is 1.63. The van der Waals surface area contributed by atoms with Crippen molar-refractivity contribution in [3.8, 4) is 0 Å². The predicted molar refractivity (Wildman–Crippen MR) is 108 cm³/mol. The summed E-state index contributed by atoms with van der Waals surface area (Å²) >= 11 is 4.72. The molecule has 0 amide bonds. The van der Waals surface area contributed by atoms with Crippen LogP contribution in [0.25, 0.3) is 0 Å². The number of aliphatic imine (C=N–C) groups is 1. The van der Waals surface area contributed by atoms with Gasteiger partial charge < -0.3 is 9.47 Å². The molecule has 1 heterocycles. The standard InChI is InChI=1S/C22H25NO2S/c1-3-16(2)12-17-8-10-18(11-9-17)19-13-24-22(25-14-19)20-6-4-5-7-21(20)23-15-26/h4-11,16,19,22H,3,12-14H2,1-2H3. The first-order valence-electron chi connectivity index (χ1n) is 9.20. The summed E-state index contributed by atoms with van der Waals surface area (Å²) in [6.45, 7) is 5.79. The van der Waals surface area contributed by atoms with Crippen molar-refractivity contribution in [3.05, 3.63) is 65.2 Å². The van der Waals surface area contributed by atoms with E-state index in [2.05, 4.69) is 48.3 Å². The van der Waals surface area contributed by atoms with E-state index in [0.29, 0.717) is 13.2 Å². The predicted octanol–water partition coefficient (Wildman–Crippen LogP) is 5.84. The third kappa shape index (κ3) is 4.66. The molecule has 26 heavy (non-hydrogen) atoms. The minimum atomic E-state index is -0.403. The van der Waals surface area contributed by atoms with Crippen molar-refractivity contribution < 1.29 is 9.47 Å². The normalized spacial score (nSPS) is 21.0. The van der Waals surface area contributed by atoms with Crippen molar-refractivity contribution in [2.24, 2.45) is 10.9 Å². The second-order valence-corrected chi connectivity index (χ2v) is 7.10. The first-order valence-corrected chi connectivity index (χ1v) is 9.61. The minimum absolute atomic E-state index is 0.255. The van der Waals surface area contributed by atoms with E-state index in [9.17, 15) is 0 Å². The number of nitrogens with zero attached hydrogens (tertiary/aromatic N) is 1. The van der Waals surface area contributed by atoms with E-state index < -0.39 is 6.29 Å². The molecule has 1 fully saturated rings. The number of hydrogen-bond donors (Lipinski definition) is 0. The quantitative estimate of drug-likeness (QED) is 0.475. The molecule has 136 valence electrons. The van der Waals surface area contributed by atoms with Crippen molar-refractivity contribution in [2.45, 2.75) is 38.9 Å². The summed E-state index contributed by atoms with van der Waals surface area (Å²) in [4.78, 5) is 4.10. The first kappa shape index (κ1) is 18.9. The minimum Gasteiger partial charge on any atom is -0.348 e. The zero-order chi connectivity index (χ0) is 18.4. The number of thiocarbonyl (C=S) groups is 1. The van der Waals surface area contributed by atoms with Crippen molar-refractivity contribution in [2.75, 3.05) is 13.2 Å². The third-order valence-electron chi connectivity index (χ3n) is 4.99. The molecule has 0 spiro atoms. The van der Waals surface area contributed by atoms with Gasteiger partial charge in [-0.2, -0.15) is 4.99 Å². The fraction of sp³-hybridized carbons (Fsp3) is 0.409. The fourth-order valence-electron chi connectivity index (χ4n) is 3.19. The molecule has 1 atom stereocenters. The van der Waals surface area contributed by atoms with Gasteiger partial charge in [-0.05, 0) is 41.7 Å². The Hall–Kier alpha value is -1.84. The van der Waals surface area contributed by atoms with Gasteiger partial charge in [-0.1, -0.05) is 62.7 Å². The van der Waals surface area contributed by atoms with E-state index in [-0.39, 0.29) is 5.92 Å². The lowest BCUT2D eigenvalue weighted by molar-refractivity contribution is -0.191.